The highest BCUT2D eigenvalue weighted by Gasteiger charge is 2.26. The lowest BCUT2D eigenvalue weighted by atomic mass is 9.96. The Morgan fingerprint density at radius 2 is 0.838 bits per heavy atom. The van der Waals surface area contributed by atoms with Crippen LogP contribution in [0.5, 0.6) is 0 Å². The van der Waals surface area contributed by atoms with E-state index in [0.717, 1.165) is 49.8 Å². The summed E-state index contributed by atoms with van der Waals surface area (Å²) in [5.41, 5.74) is 18.5. The Balaban J connectivity index is 0.959. The van der Waals surface area contributed by atoms with Crippen LogP contribution < -0.4 is 0 Å². The summed E-state index contributed by atoms with van der Waals surface area (Å²) in [5, 5.41) is 10.9. The molecule has 0 saturated heterocycles. The van der Waals surface area contributed by atoms with Gasteiger partial charge in [-0.2, -0.15) is 0 Å². The molecule has 0 radical (unpaired) electrons. The lowest BCUT2D eigenvalue weighted by Crippen LogP contribution is -2.03. The van der Waals surface area contributed by atoms with Crippen LogP contribution in [0.2, 0.25) is 0 Å². The Hall–Kier alpha value is -9.12. The van der Waals surface area contributed by atoms with Gasteiger partial charge in [0.25, 0.3) is 0 Å². The summed E-state index contributed by atoms with van der Waals surface area (Å²) in [6, 6.07) is 83.8. The molecule has 0 bridgehead atoms. The fraction of sp³-hybridized carbons (Fsp3) is 0. The lowest BCUT2D eigenvalue weighted by molar-refractivity contribution is 1.01. The lowest BCUT2D eigenvalue weighted by Gasteiger charge is -2.12. The molecule has 1 aliphatic rings. The number of hydrogen-bond acceptors (Lipinski definition) is 2. The zero-order chi connectivity index (χ0) is 44.5. The summed E-state index contributed by atoms with van der Waals surface area (Å²) < 4.78 is 4.73. The first-order valence-electron chi connectivity index (χ1n) is 23.3. The Bertz CT molecular complexity index is 4410. The number of para-hydroxylation sites is 2. The summed E-state index contributed by atoms with van der Waals surface area (Å²) in [7, 11) is 0. The SMILES string of the molecule is c1ccc(-c2ccc(-c3nc(-n4c5ccc(-c6ccc7c(c6)c6c8cccc9c8c(cc6n7-c6ccccc6)-c6ccccc6-9)cc5c5c6ccccc6ccc54)nc4ccccc34)cc2)cc1. The van der Waals surface area contributed by atoms with Crippen molar-refractivity contribution in [2.45, 2.75) is 0 Å². The van der Waals surface area contributed by atoms with Crippen molar-refractivity contribution in [3.05, 3.63) is 231 Å². The number of nitrogens with zero attached hydrogens (tertiary/aromatic N) is 4. The van der Waals surface area contributed by atoms with Gasteiger partial charge >= 0.3 is 0 Å². The summed E-state index contributed by atoms with van der Waals surface area (Å²) >= 11 is 0. The minimum atomic E-state index is 0.647. The highest BCUT2D eigenvalue weighted by molar-refractivity contribution is 6.30. The molecule has 14 aromatic rings. The van der Waals surface area contributed by atoms with Gasteiger partial charge < -0.3 is 4.57 Å². The van der Waals surface area contributed by atoms with Gasteiger partial charge in [-0.15, -0.1) is 0 Å². The Labute approximate surface area is 391 Å². The molecule has 4 nitrogen and oxygen atoms in total. The molecule has 0 aliphatic heterocycles. The molecule has 314 valence electrons. The molecule has 0 fully saturated rings. The van der Waals surface area contributed by atoms with Gasteiger partial charge in [0, 0.05) is 38.2 Å². The first-order valence-corrected chi connectivity index (χ1v) is 23.3. The monoisotopic (exact) mass is 862 g/mol. The number of aromatic nitrogens is 4. The third-order valence-electron chi connectivity index (χ3n) is 14.5. The van der Waals surface area contributed by atoms with Crippen molar-refractivity contribution in [3.63, 3.8) is 0 Å². The van der Waals surface area contributed by atoms with Crippen LogP contribution in [0.3, 0.4) is 0 Å². The van der Waals surface area contributed by atoms with Gasteiger partial charge in [0.1, 0.15) is 0 Å². The maximum atomic E-state index is 5.47. The van der Waals surface area contributed by atoms with Crippen LogP contribution in [0.4, 0.5) is 0 Å². The first-order chi connectivity index (χ1) is 33.7. The van der Waals surface area contributed by atoms with Gasteiger partial charge in [0.15, 0.2) is 0 Å². The van der Waals surface area contributed by atoms with Crippen molar-refractivity contribution in [2.24, 2.45) is 0 Å². The minimum Gasteiger partial charge on any atom is -0.309 e. The number of fused-ring (bicyclic) bond motifs is 13. The Kier molecular flexibility index (Phi) is 7.75. The van der Waals surface area contributed by atoms with Gasteiger partial charge in [-0.25, -0.2) is 9.97 Å². The average Bonchev–Trinajstić information content (AvgIpc) is 4.05. The van der Waals surface area contributed by atoms with E-state index in [4.69, 9.17) is 9.97 Å². The van der Waals surface area contributed by atoms with E-state index in [1.54, 1.807) is 0 Å². The van der Waals surface area contributed by atoms with Crippen LogP contribution in [-0.2, 0) is 0 Å². The number of rotatable bonds is 5. The topological polar surface area (TPSA) is 35.6 Å². The molecule has 0 saturated carbocycles. The highest BCUT2D eigenvalue weighted by Crippen LogP contribution is 2.51. The largest absolute Gasteiger partial charge is 0.309 e. The highest BCUT2D eigenvalue weighted by atomic mass is 15.2. The maximum Gasteiger partial charge on any atom is 0.235 e. The summed E-state index contributed by atoms with van der Waals surface area (Å²) in [4.78, 5) is 10.8. The number of hydrogen-bond donors (Lipinski definition) is 0. The van der Waals surface area contributed by atoms with Crippen molar-refractivity contribution in [1.29, 1.82) is 0 Å². The fourth-order valence-corrected chi connectivity index (χ4v) is 11.4. The molecule has 0 unspecified atom stereocenters. The first kappa shape index (κ1) is 37.1. The molecule has 0 N–H and O–H groups in total. The normalized spacial score (nSPS) is 12.1. The molecule has 1 aliphatic carbocycles. The third kappa shape index (κ3) is 5.31. The van der Waals surface area contributed by atoms with Crippen LogP contribution in [0.25, 0.3) is 143 Å². The fourth-order valence-electron chi connectivity index (χ4n) is 11.4. The zero-order valence-corrected chi connectivity index (χ0v) is 36.7. The molecular weight excluding hydrogens is 825 g/mol. The molecule has 0 spiro atoms. The van der Waals surface area contributed by atoms with Crippen LogP contribution in [0.15, 0.2) is 231 Å². The predicted molar refractivity (Wildman–Crippen MR) is 284 cm³/mol. The molecule has 3 aromatic heterocycles. The summed E-state index contributed by atoms with van der Waals surface area (Å²) in [5.74, 6) is 0.647. The van der Waals surface area contributed by atoms with E-state index in [1.165, 1.54) is 87.7 Å². The maximum absolute atomic E-state index is 5.47. The molecule has 3 heterocycles. The van der Waals surface area contributed by atoms with Gasteiger partial charge in [-0.05, 0) is 121 Å². The standard InChI is InChI=1S/C64H38N4/c1-3-14-39(15-4-1)40-26-28-42(29-27-40)63-50-22-11-12-25-55(50)65-64(66-63)68-57-34-32-44(37-54(57)61-46-19-8-7-16-41(46)30-35-58(61)68)43-31-33-56-53(36-43)62-51-24-13-23-49-47-20-9-10-21-48(47)52(60(49)51)38-59(62)67(56)45-17-5-2-6-18-45/h1-38H. The van der Waals surface area contributed by atoms with Gasteiger partial charge in [-0.3, -0.25) is 4.57 Å². The molecule has 15 rings (SSSR count). The second-order valence-electron chi connectivity index (χ2n) is 18.1. The van der Waals surface area contributed by atoms with E-state index in [1.807, 2.05) is 0 Å². The van der Waals surface area contributed by atoms with E-state index in [-0.39, 0.29) is 0 Å². The van der Waals surface area contributed by atoms with Gasteiger partial charge in [0.05, 0.1) is 33.3 Å². The third-order valence-corrected chi connectivity index (χ3v) is 14.5. The Morgan fingerprint density at radius 1 is 0.279 bits per heavy atom. The molecule has 68 heavy (non-hydrogen) atoms. The summed E-state index contributed by atoms with van der Waals surface area (Å²) in [6.45, 7) is 0. The second kappa shape index (κ2) is 14.2. The van der Waals surface area contributed by atoms with Gasteiger partial charge in [0.2, 0.25) is 5.95 Å². The zero-order valence-electron chi connectivity index (χ0n) is 36.7. The van der Waals surface area contributed by atoms with Crippen LogP contribution >= 0.6 is 0 Å². The minimum absolute atomic E-state index is 0.647. The van der Waals surface area contributed by atoms with E-state index in [2.05, 4.69) is 240 Å². The molecular formula is C64H38N4. The van der Waals surface area contributed by atoms with Crippen molar-refractivity contribution < 1.29 is 0 Å². The van der Waals surface area contributed by atoms with E-state index >= 15 is 0 Å². The smallest absolute Gasteiger partial charge is 0.235 e. The quantitative estimate of drug-likeness (QED) is 0.173. The van der Waals surface area contributed by atoms with Crippen LogP contribution in [0, 0.1) is 0 Å². The average molecular weight is 863 g/mol. The second-order valence-corrected chi connectivity index (χ2v) is 18.1. The molecule has 11 aromatic carbocycles. The molecule has 4 heteroatoms. The van der Waals surface area contributed by atoms with Crippen molar-refractivity contribution >= 4 is 76.1 Å². The Morgan fingerprint density at radius 3 is 1.62 bits per heavy atom. The number of benzene rings is 11. The van der Waals surface area contributed by atoms with Crippen molar-refractivity contribution in [3.8, 4) is 67.4 Å². The molecule has 0 amide bonds. The van der Waals surface area contributed by atoms with E-state index in [9.17, 15) is 0 Å². The molecule has 0 atom stereocenters. The van der Waals surface area contributed by atoms with Crippen molar-refractivity contribution in [2.75, 3.05) is 0 Å². The van der Waals surface area contributed by atoms with Crippen LogP contribution in [0.1, 0.15) is 0 Å². The predicted octanol–water partition coefficient (Wildman–Crippen LogP) is 16.8. The van der Waals surface area contributed by atoms with Gasteiger partial charge in [-0.1, -0.05) is 176 Å². The van der Waals surface area contributed by atoms with E-state index in [0.29, 0.717) is 5.95 Å². The van der Waals surface area contributed by atoms with E-state index < -0.39 is 0 Å². The van der Waals surface area contributed by atoms with Crippen LogP contribution in [-0.4, -0.2) is 19.1 Å². The summed E-state index contributed by atoms with van der Waals surface area (Å²) in [6.07, 6.45) is 0. The van der Waals surface area contributed by atoms with Crippen molar-refractivity contribution in [1.82, 2.24) is 19.1 Å².